The van der Waals surface area contributed by atoms with Crippen LogP contribution < -0.4 is 16.3 Å². The molecule has 4 aliphatic rings. The van der Waals surface area contributed by atoms with E-state index in [1.54, 1.807) is 0 Å². The van der Waals surface area contributed by atoms with Crippen molar-refractivity contribution in [2.24, 2.45) is 48.5 Å². The molecule has 7 heteroatoms. The number of carbonyl (C=O) groups is 1. The van der Waals surface area contributed by atoms with Crippen LogP contribution in [0.15, 0.2) is 12.4 Å². The third-order valence-corrected chi connectivity index (χ3v) is 10.1. The van der Waals surface area contributed by atoms with Gasteiger partial charge in [0, 0.05) is 44.0 Å². The fraction of sp³-hybridized carbons (Fsp3) is 0.862. The van der Waals surface area contributed by atoms with Crippen LogP contribution in [-0.2, 0) is 18.4 Å². The molecule has 5 rings (SSSR count). The molecule has 3 N–H and O–H groups in total. The predicted molar refractivity (Wildman–Crippen MR) is 140 cm³/mol. The van der Waals surface area contributed by atoms with Crippen molar-refractivity contribution in [3.63, 3.8) is 0 Å². The van der Waals surface area contributed by atoms with Crippen molar-refractivity contribution in [2.45, 2.75) is 103 Å². The molecule has 1 aromatic rings. The Balaban J connectivity index is 1.31. The first kappa shape index (κ1) is 26.0. The summed E-state index contributed by atoms with van der Waals surface area (Å²) >= 11 is 0. The van der Waals surface area contributed by atoms with Gasteiger partial charge in [0.2, 0.25) is 11.5 Å². The van der Waals surface area contributed by atoms with E-state index in [4.69, 9.17) is 5.41 Å². The second kappa shape index (κ2) is 11.0. The fourth-order valence-electron chi connectivity index (χ4n) is 7.91. The number of imidazole rings is 1. The normalized spacial score (nSPS) is 38.4. The van der Waals surface area contributed by atoms with E-state index in [9.17, 15) is 9.18 Å². The van der Waals surface area contributed by atoms with Gasteiger partial charge in [0.1, 0.15) is 6.17 Å². The van der Waals surface area contributed by atoms with Crippen molar-refractivity contribution < 1.29 is 9.18 Å². The lowest BCUT2D eigenvalue weighted by atomic mass is 9.63. The molecule has 9 atom stereocenters. The zero-order valence-electron chi connectivity index (χ0n) is 22.6. The third-order valence-electron chi connectivity index (χ3n) is 10.1. The maximum atomic E-state index is 14.1. The minimum atomic E-state index is -0.662. The molecule has 4 fully saturated rings. The van der Waals surface area contributed by atoms with Crippen molar-refractivity contribution in [1.29, 1.82) is 5.41 Å². The van der Waals surface area contributed by atoms with Crippen LogP contribution in [0.3, 0.4) is 0 Å². The van der Waals surface area contributed by atoms with Crippen molar-refractivity contribution in [1.82, 2.24) is 19.8 Å². The number of piperidine rings is 1. The molecule has 8 unspecified atom stereocenters. The highest BCUT2D eigenvalue weighted by Gasteiger charge is 2.43. The number of nitrogens with zero attached hydrogens (tertiary/aromatic N) is 2. The van der Waals surface area contributed by atoms with Gasteiger partial charge in [0.05, 0.1) is 0 Å². The number of halogens is 1. The molecule has 1 amide bonds. The van der Waals surface area contributed by atoms with Gasteiger partial charge in [0.25, 0.3) is 0 Å². The van der Waals surface area contributed by atoms with E-state index in [2.05, 4.69) is 24.5 Å². The number of nitrogens with one attached hydrogen (secondary N) is 3. The van der Waals surface area contributed by atoms with Crippen LogP contribution >= 0.6 is 0 Å². The Kier molecular flexibility index (Phi) is 7.95. The number of amides is 1. The molecule has 202 valence electrons. The van der Waals surface area contributed by atoms with Crippen LogP contribution in [0.25, 0.3) is 0 Å². The summed E-state index contributed by atoms with van der Waals surface area (Å²) in [6.45, 7) is 6.41. The predicted octanol–water partition coefficient (Wildman–Crippen LogP) is 4.40. The number of aromatic nitrogens is 2. The second-order valence-electron chi connectivity index (χ2n) is 13.0. The molecule has 0 aromatic carbocycles. The van der Waals surface area contributed by atoms with Gasteiger partial charge in [-0.3, -0.25) is 10.2 Å². The smallest absolute Gasteiger partial charge is 0.223 e. The molecule has 6 nitrogen and oxygen atoms in total. The van der Waals surface area contributed by atoms with Gasteiger partial charge in [-0.05, 0) is 106 Å². The summed E-state index contributed by atoms with van der Waals surface area (Å²) in [5.41, 5.74) is 0.510. The summed E-state index contributed by atoms with van der Waals surface area (Å²) in [6.07, 6.45) is 13.3. The lowest BCUT2D eigenvalue weighted by molar-refractivity contribution is -0.129. The van der Waals surface area contributed by atoms with Gasteiger partial charge >= 0.3 is 0 Å². The van der Waals surface area contributed by atoms with E-state index in [0.29, 0.717) is 60.0 Å². The highest BCUT2D eigenvalue weighted by atomic mass is 19.1. The lowest BCUT2D eigenvalue weighted by Crippen LogP contribution is -2.55. The summed E-state index contributed by atoms with van der Waals surface area (Å²) in [6, 6.07) is 0.648. The van der Waals surface area contributed by atoms with Gasteiger partial charge < -0.3 is 19.8 Å². The Morgan fingerprint density at radius 3 is 2.58 bits per heavy atom. The first-order valence-corrected chi connectivity index (χ1v) is 14.7. The van der Waals surface area contributed by atoms with Gasteiger partial charge in [-0.1, -0.05) is 13.8 Å². The molecular formula is C29H48FN5O. The highest BCUT2D eigenvalue weighted by Crippen LogP contribution is 2.46. The number of hydrogen-bond donors (Lipinski definition) is 3. The van der Waals surface area contributed by atoms with Gasteiger partial charge in [0.15, 0.2) is 0 Å². The monoisotopic (exact) mass is 501 g/mol. The minimum Gasteiger partial charge on any atom is -0.351 e. The van der Waals surface area contributed by atoms with Crippen molar-refractivity contribution in [3.05, 3.63) is 18.0 Å². The zero-order chi connectivity index (χ0) is 25.4. The number of rotatable bonds is 7. The summed E-state index contributed by atoms with van der Waals surface area (Å²) in [7, 11) is 1.91. The first-order valence-electron chi connectivity index (χ1n) is 14.7. The Morgan fingerprint density at radius 1 is 1.11 bits per heavy atom. The van der Waals surface area contributed by atoms with Crippen LogP contribution in [0.2, 0.25) is 0 Å². The fourth-order valence-corrected chi connectivity index (χ4v) is 7.91. The largest absolute Gasteiger partial charge is 0.351 e. The zero-order valence-corrected chi connectivity index (χ0v) is 22.6. The average Bonchev–Trinajstić information content (AvgIpc) is 3.64. The van der Waals surface area contributed by atoms with Crippen molar-refractivity contribution in [3.8, 4) is 0 Å². The van der Waals surface area contributed by atoms with Gasteiger partial charge in [-0.15, -0.1) is 0 Å². The molecule has 1 saturated heterocycles. The summed E-state index contributed by atoms with van der Waals surface area (Å²) < 4.78 is 18.0. The van der Waals surface area contributed by atoms with E-state index in [1.807, 2.05) is 28.6 Å². The molecule has 0 spiro atoms. The number of carbonyl (C=O) groups excluding carboxylic acids is 1. The molecular weight excluding hydrogens is 453 g/mol. The van der Waals surface area contributed by atoms with Crippen molar-refractivity contribution >= 4 is 5.91 Å². The molecule has 3 saturated carbocycles. The number of aryl methyl sites for hydroxylation is 1. The van der Waals surface area contributed by atoms with Gasteiger partial charge in [-0.25, -0.2) is 4.39 Å². The molecule has 36 heavy (non-hydrogen) atoms. The summed E-state index contributed by atoms with van der Waals surface area (Å²) in [5, 5.41) is 15.7. The third kappa shape index (κ3) is 5.92. The Bertz CT molecular complexity index is 954. The van der Waals surface area contributed by atoms with E-state index < -0.39 is 6.17 Å². The SMILES string of the molecule is CC1CCNC([C@@H](NC(=O)C2CC(Cn3ccn(C)c3=N)CC(C3CCC(F)CC3C)C2)C2CC2)C1. The van der Waals surface area contributed by atoms with Crippen LogP contribution in [0.4, 0.5) is 4.39 Å². The van der Waals surface area contributed by atoms with Crippen LogP contribution in [0, 0.1) is 46.8 Å². The Hall–Kier alpha value is -1.63. The van der Waals surface area contributed by atoms with Crippen LogP contribution in [0.5, 0.6) is 0 Å². The molecule has 3 aliphatic carbocycles. The molecule has 0 bridgehead atoms. The number of hydrogen-bond acceptors (Lipinski definition) is 3. The lowest BCUT2D eigenvalue weighted by Gasteiger charge is -2.43. The maximum Gasteiger partial charge on any atom is 0.223 e. The second-order valence-corrected chi connectivity index (χ2v) is 13.0. The summed E-state index contributed by atoms with van der Waals surface area (Å²) in [5.74, 6) is 3.33. The minimum absolute atomic E-state index is 0.0183. The van der Waals surface area contributed by atoms with Crippen molar-refractivity contribution in [2.75, 3.05) is 6.54 Å². The Morgan fingerprint density at radius 2 is 1.92 bits per heavy atom. The standard InChI is InChI=1S/C29H48FN5O/c1-18-8-9-32-26(12-18)27(21-4-5-21)33-28(36)23-15-20(17-35-11-10-34(3)29(35)31)14-22(16-23)25-7-6-24(30)13-19(25)2/h10-11,18-27,31-32H,4-9,12-17H2,1-3H3,(H,33,36)/t18?,19?,20?,22?,23?,24?,25?,26?,27-/m0/s1. The maximum absolute atomic E-state index is 14.1. The van der Waals surface area contributed by atoms with E-state index in [-0.39, 0.29) is 17.9 Å². The van der Waals surface area contributed by atoms with Crippen LogP contribution in [0.1, 0.15) is 78.1 Å². The molecule has 1 aromatic heterocycles. The topological polar surface area (TPSA) is 74.8 Å². The first-order chi connectivity index (χ1) is 17.3. The van der Waals surface area contributed by atoms with E-state index in [1.165, 1.54) is 19.3 Å². The molecule has 0 radical (unpaired) electrons. The Labute approximate surface area is 216 Å². The highest BCUT2D eigenvalue weighted by molar-refractivity contribution is 5.79. The molecule has 2 heterocycles. The average molecular weight is 502 g/mol. The van der Waals surface area contributed by atoms with Crippen LogP contribution in [-0.4, -0.2) is 39.8 Å². The van der Waals surface area contributed by atoms with Gasteiger partial charge in [-0.2, -0.15) is 0 Å². The van der Waals surface area contributed by atoms with E-state index >= 15 is 0 Å². The van der Waals surface area contributed by atoms with E-state index in [0.717, 1.165) is 45.2 Å². The summed E-state index contributed by atoms with van der Waals surface area (Å²) in [4.78, 5) is 13.8. The molecule has 1 aliphatic heterocycles. The quantitative estimate of drug-likeness (QED) is 0.518. The number of alkyl halides is 1.